The minimum Gasteiger partial charge on any atom is -0.445 e. The zero-order chi connectivity index (χ0) is 37.9. The zero-order valence-electron chi connectivity index (χ0n) is 33.1. The molecule has 0 radical (unpaired) electrons. The highest BCUT2D eigenvalue weighted by atomic mass is 16.7. The van der Waals surface area contributed by atoms with Crippen molar-refractivity contribution < 1.29 is 28.5 Å². The second-order valence-electron chi connectivity index (χ2n) is 16.4. The second-order valence-corrected chi connectivity index (χ2v) is 16.4. The maximum absolute atomic E-state index is 12.4. The van der Waals surface area contributed by atoms with Gasteiger partial charge in [0.1, 0.15) is 6.61 Å². The van der Waals surface area contributed by atoms with Crippen molar-refractivity contribution in [1.29, 1.82) is 0 Å². The monoisotopic (exact) mass is 766 g/mol. The highest BCUT2D eigenvalue weighted by Crippen LogP contribution is 2.34. The van der Waals surface area contributed by atoms with E-state index in [1.54, 1.807) is 0 Å². The largest absolute Gasteiger partial charge is 0.445 e. The van der Waals surface area contributed by atoms with Gasteiger partial charge in [0.2, 0.25) is 0 Å². The van der Waals surface area contributed by atoms with Crippen LogP contribution in [0.1, 0.15) is 79.9 Å². The molecule has 0 atom stereocenters. The Kier molecular flexibility index (Phi) is 13.7. The molecular weight excluding hydrogens is 705 g/mol. The lowest BCUT2D eigenvalue weighted by Gasteiger charge is -2.35. The Morgan fingerprint density at radius 2 is 1.00 bits per heavy atom. The molecule has 6 saturated heterocycles. The molecule has 1 N–H and O–H groups in total. The fourth-order valence-electron chi connectivity index (χ4n) is 9.43. The van der Waals surface area contributed by atoms with E-state index < -0.39 is 0 Å². The molecule has 0 aliphatic carbocycles. The number of anilines is 2. The average Bonchev–Trinajstić information content (AvgIpc) is 4.04. The van der Waals surface area contributed by atoms with Gasteiger partial charge in [0.25, 0.3) is 0 Å². The Hall–Kier alpha value is -3.67. The van der Waals surface area contributed by atoms with Crippen LogP contribution in [0, 0.1) is 11.8 Å². The lowest BCUT2D eigenvalue weighted by molar-refractivity contribution is -0.0890. The summed E-state index contributed by atoms with van der Waals surface area (Å²) in [5.74, 6) is 2.34. The van der Waals surface area contributed by atoms with Crippen molar-refractivity contribution >= 4 is 17.5 Å². The van der Waals surface area contributed by atoms with Gasteiger partial charge in [-0.3, -0.25) is 0 Å². The Labute approximate surface area is 333 Å². The summed E-state index contributed by atoms with van der Waals surface area (Å²) in [6.45, 7) is 11.5. The van der Waals surface area contributed by atoms with Crippen LogP contribution >= 0.6 is 0 Å². The lowest BCUT2D eigenvalue weighted by Crippen LogP contribution is -2.38. The lowest BCUT2D eigenvalue weighted by atomic mass is 9.89. The SMILES string of the molecule is O=C(OCc1ccccc1)N1CCC(c2ccc(N3CCC(C4OCCO4)CC3)cc2)CC1.c1cc(N2CCC(C3OCCO3)CC2)ccc1C1CCNCC1. The van der Waals surface area contributed by atoms with Gasteiger partial charge in [0.05, 0.1) is 26.4 Å². The van der Waals surface area contributed by atoms with Gasteiger partial charge in [-0.05, 0) is 117 Å². The van der Waals surface area contributed by atoms with Gasteiger partial charge in [0.15, 0.2) is 12.6 Å². The summed E-state index contributed by atoms with van der Waals surface area (Å²) in [5.41, 5.74) is 6.57. The first kappa shape index (κ1) is 39.2. The van der Waals surface area contributed by atoms with Gasteiger partial charge < -0.3 is 43.7 Å². The van der Waals surface area contributed by atoms with E-state index in [4.69, 9.17) is 23.7 Å². The second kappa shape index (κ2) is 19.7. The molecule has 6 heterocycles. The molecule has 0 saturated carbocycles. The number of piperidine rings is 4. The van der Waals surface area contributed by atoms with E-state index >= 15 is 0 Å². The van der Waals surface area contributed by atoms with Crippen molar-refractivity contribution in [3.8, 4) is 0 Å². The third kappa shape index (κ3) is 10.2. The number of nitrogens with one attached hydrogen (secondary N) is 1. The molecule has 0 spiro atoms. The maximum atomic E-state index is 12.4. The summed E-state index contributed by atoms with van der Waals surface area (Å²) in [5, 5.41) is 3.45. The zero-order valence-corrected chi connectivity index (χ0v) is 33.1. The number of rotatable bonds is 8. The smallest absolute Gasteiger partial charge is 0.410 e. The molecule has 302 valence electrons. The van der Waals surface area contributed by atoms with Crippen LogP contribution in [0.3, 0.4) is 0 Å². The fraction of sp³-hybridized carbons (Fsp3) is 0.587. The summed E-state index contributed by atoms with van der Waals surface area (Å²) < 4.78 is 28.2. The highest BCUT2D eigenvalue weighted by molar-refractivity contribution is 5.67. The molecule has 0 aromatic heterocycles. The molecule has 10 nitrogen and oxygen atoms in total. The van der Waals surface area contributed by atoms with Crippen LogP contribution in [0.25, 0.3) is 0 Å². The van der Waals surface area contributed by atoms with Crippen molar-refractivity contribution in [2.75, 3.05) is 88.6 Å². The first-order chi connectivity index (χ1) is 27.7. The maximum Gasteiger partial charge on any atom is 0.410 e. The number of nitrogens with zero attached hydrogens (tertiary/aromatic N) is 3. The topological polar surface area (TPSA) is 85.0 Å². The molecular formula is C46H62N4O6. The van der Waals surface area contributed by atoms with Crippen LogP contribution in [-0.2, 0) is 30.3 Å². The van der Waals surface area contributed by atoms with E-state index in [-0.39, 0.29) is 18.7 Å². The van der Waals surface area contributed by atoms with Crippen molar-refractivity contribution in [1.82, 2.24) is 10.2 Å². The van der Waals surface area contributed by atoms with E-state index in [2.05, 4.69) is 63.6 Å². The molecule has 6 fully saturated rings. The number of carbonyl (C=O) groups is 1. The van der Waals surface area contributed by atoms with E-state index in [1.165, 1.54) is 48.2 Å². The number of hydrogen-bond donors (Lipinski definition) is 1. The third-order valence-electron chi connectivity index (χ3n) is 12.9. The first-order valence-electron chi connectivity index (χ1n) is 21.5. The van der Waals surface area contributed by atoms with Gasteiger partial charge in [0, 0.05) is 62.5 Å². The molecule has 6 aliphatic heterocycles. The average molecular weight is 767 g/mol. The summed E-state index contributed by atoms with van der Waals surface area (Å²) in [6.07, 6.45) is 8.93. The predicted octanol–water partition coefficient (Wildman–Crippen LogP) is 7.54. The van der Waals surface area contributed by atoms with Gasteiger partial charge in [-0.15, -0.1) is 0 Å². The highest BCUT2D eigenvalue weighted by Gasteiger charge is 2.32. The number of benzene rings is 3. The fourth-order valence-corrected chi connectivity index (χ4v) is 9.43. The van der Waals surface area contributed by atoms with Crippen LogP contribution in [0.4, 0.5) is 16.2 Å². The van der Waals surface area contributed by atoms with Crippen molar-refractivity contribution in [2.24, 2.45) is 11.8 Å². The molecule has 0 bridgehead atoms. The molecule has 6 aliphatic rings. The van der Waals surface area contributed by atoms with Crippen LogP contribution in [0.5, 0.6) is 0 Å². The standard InChI is InChI=1S/C27H34N2O4.C19H28N2O2/c30-27(33-20-21-4-2-1-3-5-21)29-16-10-23(11-17-29)22-6-8-25(9-7-22)28-14-12-24(13-15-28)26-31-18-19-32-26;1-3-18(4-2-15(1)16-5-9-20-10-6-16)21-11-7-17(8-12-21)19-22-13-14-23-19/h1-9,23-24,26H,10-20H2;1-4,16-17,19-20H,5-14H2. The normalized spacial score (nSPS) is 22.6. The van der Waals surface area contributed by atoms with E-state index in [1.807, 2.05) is 35.2 Å². The van der Waals surface area contributed by atoms with E-state index in [0.717, 1.165) is 116 Å². The molecule has 10 heteroatoms. The molecule has 56 heavy (non-hydrogen) atoms. The summed E-state index contributed by atoms with van der Waals surface area (Å²) in [4.78, 5) is 19.3. The Morgan fingerprint density at radius 1 is 0.554 bits per heavy atom. The minimum absolute atomic E-state index is 0.0102. The Balaban J connectivity index is 0.000000168. The Bertz CT molecular complexity index is 1600. The number of hydrogen-bond acceptors (Lipinski definition) is 9. The number of ether oxygens (including phenoxy) is 5. The number of carbonyl (C=O) groups excluding carboxylic acids is 1. The third-order valence-corrected chi connectivity index (χ3v) is 12.9. The number of amides is 1. The van der Waals surface area contributed by atoms with E-state index in [9.17, 15) is 4.79 Å². The summed E-state index contributed by atoms with van der Waals surface area (Å²) >= 11 is 0. The van der Waals surface area contributed by atoms with Gasteiger partial charge in [-0.1, -0.05) is 54.6 Å². The van der Waals surface area contributed by atoms with Crippen LogP contribution in [0.15, 0.2) is 78.9 Å². The van der Waals surface area contributed by atoms with Crippen LogP contribution < -0.4 is 15.1 Å². The molecule has 1 amide bonds. The molecule has 9 rings (SSSR count). The summed E-state index contributed by atoms with van der Waals surface area (Å²) in [6, 6.07) is 28.3. The minimum atomic E-state index is -0.204. The van der Waals surface area contributed by atoms with Crippen LogP contribution in [0.2, 0.25) is 0 Å². The molecule has 3 aromatic carbocycles. The summed E-state index contributed by atoms with van der Waals surface area (Å²) in [7, 11) is 0. The quantitative estimate of drug-likeness (QED) is 0.250. The van der Waals surface area contributed by atoms with Gasteiger partial charge in [-0.25, -0.2) is 4.79 Å². The number of likely N-dealkylation sites (tertiary alicyclic amines) is 1. The molecule has 0 unspecified atom stereocenters. The van der Waals surface area contributed by atoms with Gasteiger partial charge >= 0.3 is 6.09 Å². The first-order valence-corrected chi connectivity index (χ1v) is 21.5. The van der Waals surface area contributed by atoms with E-state index in [0.29, 0.717) is 24.4 Å². The van der Waals surface area contributed by atoms with Crippen molar-refractivity contribution in [3.05, 3.63) is 95.6 Å². The van der Waals surface area contributed by atoms with Crippen molar-refractivity contribution in [3.63, 3.8) is 0 Å². The predicted molar refractivity (Wildman–Crippen MR) is 219 cm³/mol. The van der Waals surface area contributed by atoms with Gasteiger partial charge in [-0.2, -0.15) is 0 Å². The van der Waals surface area contributed by atoms with Crippen LogP contribution in [-0.4, -0.2) is 102 Å². The van der Waals surface area contributed by atoms with Crippen molar-refractivity contribution in [2.45, 2.75) is 82.4 Å². The molecule has 3 aromatic rings. The Morgan fingerprint density at radius 3 is 1.46 bits per heavy atom.